The molecule has 1 atom stereocenters. The molecule has 1 unspecified atom stereocenters. The molecular weight excluding hydrogens is 222 g/mol. The Bertz CT molecular complexity index is 412. The third-order valence-electron chi connectivity index (χ3n) is 2.08. The van der Waals surface area contributed by atoms with E-state index in [-0.39, 0.29) is 11.8 Å². The molecule has 0 fully saturated rings. The molecule has 0 aliphatic heterocycles. The molecule has 16 heavy (non-hydrogen) atoms. The standard InChI is InChI=1S/C13H14ClNO/c1-3-4-8-15-10(2)13(16)11-6-5-7-12(14)9-11/h3-10,15H,1H2,2H3/b8-4+. The van der Waals surface area contributed by atoms with Crippen LogP contribution in [0.15, 0.2) is 49.2 Å². The SMILES string of the molecule is C=C/C=C/NC(C)C(=O)c1cccc(Cl)c1. The van der Waals surface area contributed by atoms with Gasteiger partial charge in [0, 0.05) is 10.6 Å². The van der Waals surface area contributed by atoms with E-state index in [9.17, 15) is 4.79 Å². The number of hydrogen-bond donors (Lipinski definition) is 1. The Morgan fingerprint density at radius 2 is 2.31 bits per heavy atom. The number of halogens is 1. The van der Waals surface area contributed by atoms with E-state index >= 15 is 0 Å². The predicted molar refractivity (Wildman–Crippen MR) is 67.7 cm³/mol. The van der Waals surface area contributed by atoms with Crippen LogP contribution in [0.2, 0.25) is 5.02 Å². The summed E-state index contributed by atoms with van der Waals surface area (Å²) in [5, 5.41) is 3.53. The van der Waals surface area contributed by atoms with Crippen molar-refractivity contribution >= 4 is 17.4 Å². The quantitative estimate of drug-likeness (QED) is 0.627. The van der Waals surface area contributed by atoms with Gasteiger partial charge in [0.05, 0.1) is 6.04 Å². The van der Waals surface area contributed by atoms with Gasteiger partial charge in [-0.05, 0) is 31.3 Å². The zero-order valence-electron chi connectivity index (χ0n) is 9.11. The highest BCUT2D eigenvalue weighted by Gasteiger charge is 2.13. The summed E-state index contributed by atoms with van der Waals surface area (Å²) in [4.78, 5) is 11.9. The van der Waals surface area contributed by atoms with E-state index in [0.29, 0.717) is 10.6 Å². The van der Waals surface area contributed by atoms with Crippen molar-refractivity contribution in [3.8, 4) is 0 Å². The lowest BCUT2D eigenvalue weighted by atomic mass is 10.1. The molecule has 0 bridgehead atoms. The van der Waals surface area contributed by atoms with Crippen molar-refractivity contribution in [2.75, 3.05) is 0 Å². The second-order valence-corrected chi connectivity index (χ2v) is 3.79. The highest BCUT2D eigenvalue weighted by atomic mass is 35.5. The Morgan fingerprint density at radius 3 is 2.94 bits per heavy atom. The number of carbonyl (C=O) groups is 1. The topological polar surface area (TPSA) is 29.1 Å². The number of carbonyl (C=O) groups excluding carboxylic acids is 1. The Hall–Kier alpha value is -1.54. The summed E-state index contributed by atoms with van der Waals surface area (Å²) in [6.07, 6.45) is 5.07. The lowest BCUT2D eigenvalue weighted by Crippen LogP contribution is -2.30. The van der Waals surface area contributed by atoms with Crippen molar-refractivity contribution in [3.05, 3.63) is 59.8 Å². The van der Waals surface area contributed by atoms with Gasteiger partial charge in [0.2, 0.25) is 0 Å². The number of benzene rings is 1. The number of hydrogen-bond acceptors (Lipinski definition) is 2. The van der Waals surface area contributed by atoms with E-state index in [1.165, 1.54) is 0 Å². The molecule has 2 nitrogen and oxygen atoms in total. The summed E-state index contributed by atoms with van der Waals surface area (Å²) in [6.45, 7) is 5.35. The molecule has 1 rings (SSSR count). The molecule has 0 radical (unpaired) electrons. The predicted octanol–water partition coefficient (Wildman–Crippen LogP) is 3.20. The molecule has 1 aromatic rings. The largest absolute Gasteiger partial charge is 0.381 e. The van der Waals surface area contributed by atoms with E-state index in [0.717, 1.165) is 0 Å². The normalized spacial score (nSPS) is 12.4. The first kappa shape index (κ1) is 12.5. The molecule has 0 aliphatic rings. The molecule has 3 heteroatoms. The van der Waals surface area contributed by atoms with Gasteiger partial charge in [-0.3, -0.25) is 4.79 Å². The van der Waals surface area contributed by atoms with Crippen LogP contribution in [0.4, 0.5) is 0 Å². The zero-order chi connectivity index (χ0) is 12.0. The fourth-order valence-corrected chi connectivity index (χ4v) is 1.43. The van der Waals surface area contributed by atoms with Gasteiger partial charge in [0.15, 0.2) is 5.78 Å². The first-order valence-electron chi connectivity index (χ1n) is 4.98. The average Bonchev–Trinajstić information content (AvgIpc) is 2.28. The highest BCUT2D eigenvalue weighted by Crippen LogP contribution is 2.12. The zero-order valence-corrected chi connectivity index (χ0v) is 9.87. The van der Waals surface area contributed by atoms with Crippen LogP contribution >= 0.6 is 11.6 Å². The van der Waals surface area contributed by atoms with Crippen molar-refractivity contribution < 1.29 is 4.79 Å². The van der Waals surface area contributed by atoms with Gasteiger partial charge < -0.3 is 5.32 Å². The van der Waals surface area contributed by atoms with Crippen molar-refractivity contribution in [2.45, 2.75) is 13.0 Å². The number of rotatable bonds is 5. The van der Waals surface area contributed by atoms with Crippen molar-refractivity contribution in [1.82, 2.24) is 5.32 Å². The second kappa shape index (κ2) is 6.13. The van der Waals surface area contributed by atoms with Crippen LogP contribution in [0.5, 0.6) is 0 Å². The van der Waals surface area contributed by atoms with E-state index in [4.69, 9.17) is 11.6 Å². The molecule has 0 aliphatic carbocycles. The Labute approximate surface area is 101 Å². The minimum Gasteiger partial charge on any atom is -0.381 e. The maximum Gasteiger partial charge on any atom is 0.184 e. The van der Waals surface area contributed by atoms with Gasteiger partial charge in [-0.25, -0.2) is 0 Å². The fourth-order valence-electron chi connectivity index (χ4n) is 1.24. The van der Waals surface area contributed by atoms with Gasteiger partial charge in [-0.2, -0.15) is 0 Å². The molecule has 0 aromatic heterocycles. The van der Waals surface area contributed by atoms with E-state index < -0.39 is 0 Å². The van der Waals surface area contributed by atoms with Crippen LogP contribution in [0.1, 0.15) is 17.3 Å². The Balaban J connectivity index is 2.70. The maximum absolute atomic E-state index is 11.9. The van der Waals surface area contributed by atoms with Gasteiger partial charge in [-0.1, -0.05) is 36.4 Å². The Morgan fingerprint density at radius 1 is 1.56 bits per heavy atom. The smallest absolute Gasteiger partial charge is 0.184 e. The van der Waals surface area contributed by atoms with Gasteiger partial charge >= 0.3 is 0 Å². The summed E-state index contributed by atoms with van der Waals surface area (Å²) in [5.41, 5.74) is 0.611. The molecule has 84 valence electrons. The van der Waals surface area contributed by atoms with Crippen LogP contribution < -0.4 is 5.32 Å². The van der Waals surface area contributed by atoms with Crippen LogP contribution in [0, 0.1) is 0 Å². The molecule has 0 heterocycles. The number of ketones is 1. The fraction of sp³-hybridized carbons (Fsp3) is 0.154. The molecule has 0 saturated carbocycles. The molecule has 0 spiro atoms. The van der Waals surface area contributed by atoms with E-state index in [2.05, 4.69) is 11.9 Å². The van der Waals surface area contributed by atoms with Crippen LogP contribution in [-0.2, 0) is 0 Å². The summed E-state index contributed by atoms with van der Waals surface area (Å²) in [5.74, 6) is 0.0104. The van der Waals surface area contributed by atoms with Crippen molar-refractivity contribution in [1.29, 1.82) is 0 Å². The monoisotopic (exact) mass is 235 g/mol. The van der Waals surface area contributed by atoms with E-state index in [1.54, 1.807) is 49.5 Å². The lowest BCUT2D eigenvalue weighted by molar-refractivity contribution is 0.0957. The summed E-state index contributed by atoms with van der Waals surface area (Å²) < 4.78 is 0. The molecule has 0 saturated heterocycles. The molecule has 1 aromatic carbocycles. The number of Topliss-reactive ketones (excluding diaryl/α,β-unsaturated/α-hetero) is 1. The van der Waals surface area contributed by atoms with Crippen LogP contribution in [0.25, 0.3) is 0 Å². The average molecular weight is 236 g/mol. The second-order valence-electron chi connectivity index (χ2n) is 3.36. The minimum atomic E-state index is -0.283. The number of allylic oxidation sites excluding steroid dienone is 2. The maximum atomic E-state index is 11.9. The van der Waals surface area contributed by atoms with Gasteiger partial charge in [0.1, 0.15) is 0 Å². The van der Waals surface area contributed by atoms with E-state index in [1.807, 2.05) is 0 Å². The van der Waals surface area contributed by atoms with Gasteiger partial charge in [-0.15, -0.1) is 0 Å². The highest BCUT2D eigenvalue weighted by molar-refractivity contribution is 6.31. The number of nitrogens with one attached hydrogen (secondary N) is 1. The summed E-state index contributed by atoms with van der Waals surface area (Å²) >= 11 is 5.82. The first-order chi connectivity index (χ1) is 7.65. The molecule has 1 N–H and O–H groups in total. The molecular formula is C13H14ClNO. The summed E-state index contributed by atoms with van der Waals surface area (Å²) in [7, 11) is 0. The van der Waals surface area contributed by atoms with Crippen LogP contribution in [-0.4, -0.2) is 11.8 Å². The van der Waals surface area contributed by atoms with Crippen molar-refractivity contribution in [3.63, 3.8) is 0 Å². The molecule has 0 amide bonds. The van der Waals surface area contributed by atoms with Crippen molar-refractivity contribution in [2.24, 2.45) is 0 Å². The third-order valence-corrected chi connectivity index (χ3v) is 2.32. The third kappa shape index (κ3) is 3.55. The Kier molecular flexibility index (Phi) is 4.80. The summed E-state index contributed by atoms with van der Waals surface area (Å²) in [6, 6.07) is 6.65. The first-order valence-corrected chi connectivity index (χ1v) is 5.36. The van der Waals surface area contributed by atoms with Crippen LogP contribution in [0.3, 0.4) is 0 Å². The minimum absolute atomic E-state index is 0.0104. The lowest BCUT2D eigenvalue weighted by Gasteiger charge is -2.10. The van der Waals surface area contributed by atoms with Gasteiger partial charge in [0.25, 0.3) is 0 Å².